The summed E-state index contributed by atoms with van der Waals surface area (Å²) in [5.41, 5.74) is 1.16. The first-order chi connectivity index (χ1) is 14.1. The molecule has 0 bridgehead atoms. The lowest BCUT2D eigenvalue weighted by atomic mass is 9.96. The lowest BCUT2D eigenvalue weighted by molar-refractivity contribution is 0.348. The van der Waals surface area contributed by atoms with Crippen molar-refractivity contribution >= 4 is 22.4 Å². The number of rotatable bonds is 3. The van der Waals surface area contributed by atoms with Gasteiger partial charge >= 0.3 is 0 Å². The van der Waals surface area contributed by atoms with Gasteiger partial charge in [-0.25, -0.2) is 18.9 Å². The predicted octanol–water partition coefficient (Wildman–Crippen LogP) is 2.80. The van der Waals surface area contributed by atoms with Crippen molar-refractivity contribution < 1.29 is 4.39 Å². The standard InChI is InChI=1S/C21H21FN6O/c1-14-24-18-12-16(22)2-3-17(18)21(29)27(14)13-15-5-9-26(10-6-15)19-7-11-28-20(25-19)4-8-23-28/h2-4,7-8,11-12,15H,5-6,9-10,13H2,1H3. The molecule has 0 N–H and O–H groups in total. The number of nitrogens with zero attached hydrogens (tertiary/aromatic N) is 6. The summed E-state index contributed by atoms with van der Waals surface area (Å²) in [7, 11) is 0. The second kappa shape index (κ2) is 6.95. The number of anilines is 1. The Balaban J connectivity index is 1.33. The third-order valence-corrected chi connectivity index (χ3v) is 5.73. The normalized spacial score (nSPS) is 15.4. The van der Waals surface area contributed by atoms with E-state index in [9.17, 15) is 9.18 Å². The number of aryl methyl sites for hydroxylation is 1. The van der Waals surface area contributed by atoms with Crippen LogP contribution in [0.2, 0.25) is 0 Å². The molecule has 4 heterocycles. The SMILES string of the molecule is Cc1nc2cc(F)ccc2c(=O)n1CC1CCN(c2ccn3nccc3n2)CC1. The molecule has 7 nitrogen and oxygen atoms in total. The van der Waals surface area contributed by atoms with E-state index < -0.39 is 0 Å². The zero-order valence-corrected chi connectivity index (χ0v) is 16.1. The Morgan fingerprint density at radius 2 is 1.97 bits per heavy atom. The van der Waals surface area contributed by atoms with Gasteiger partial charge in [0, 0.05) is 38.0 Å². The number of halogens is 1. The molecule has 29 heavy (non-hydrogen) atoms. The number of hydrogen-bond donors (Lipinski definition) is 0. The highest BCUT2D eigenvalue weighted by Gasteiger charge is 2.22. The lowest BCUT2D eigenvalue weighted by Gasteiger charge is -2.33. The van der Waals surface area contributed by atoms with Crippen LogP contribution in [0.3, 0.4) is 0 Å². The van der Waals surface area contributed by atoms with Gasteiger partial charge in [0.15, 0.2) is 5.65 Å². The molecule has 1 saturated heterocycles. The molecule has 5 rings (SSSR count). The van der Waals surface area contributed by atoms with Crippen molar-refractivity contribution in [3.05, 3.63) is 64.7 Å². The number of aromatic nitrogens is 5. The number of hydrogen-bond acceptors (Lipinski definition) is 5. The molecule has 1 aromatic carbocycles. The van der Waals surface area contributed by atoms with Crippen molar-refractivity contribution in [1.29, 1.82) is 0 Å². The molecule has 0 unspecified atom stereocenters. The summed E-state index contributed by atoms with van der Waals surface area (Å²) in [6.45, 7) is 4.23. The minimum absolute atomic E-state index is 0.0946. The summed E-state index contributed by atoms with van der Waals surface area (Å²) < 4.78 is 16.9. The smallest absolute Gasteiger partial charge is 0.261 e. The molecule has 0 saturated carbocycles. The van der Waals surface area contributed by atoms with Crippen LogP contribution in [0.15, 0.2) is 47.5 Å². The molecule has 0 atom stereocenters. The number of fused-ring (bicyclic) bond motifs is 2. The van der Waals surface area contributed by atoms with E-state index in [2.05, 4.69) is 20.0 Å². The molecular weight excluding hydrogens is 371 g/mol. The number of benzene rings is 1. The van der Waals surface area contributed by atoms with E-state index in [4.69, 9.17) is 0 Å². The van der Waals surface area contributed by atoms with Gasteiger partial charge in [-0.1, -0.05) is 0 Å². The maximum Gasteiger partial charge on any atom is 0.261 e. The largest absolute Gasteiger partial charge is 0.356 e. The summed E-state index contributed by atoms with van der Waals surface area (Å²) in [5, 5.41) is 4.65. The van der Waals surface area contributed by atoms with Crippen molar-refractivity contribution in [2.24, 2.45) is 5.92 Å². The topological polar surface area (TPSA) is 68.3 Å². The zero-order valence-electron chi connectivity index (χ0n) is 16.1. The summed E-state index contributed by atoms with van der Waals surface area (Å²) >= 11 is 0. The van der Waals surface area contributed by atoms with Crippen LogP contribution in [0.5, 0.6) is 0 Å². The summed E-state index contributed by atoms with van der Waals surface area (Å²) in [6.07, 6.45) is 5.61. The van der Waals surface area contributed by atoms with Gasteiger partial charge in [0.1, 0.15) is 17.5 Å². The van der Waals surface area contributed by atoms with Gasteiger partial charge in [0.2, 0.25) is 0 Å². The Hall–Kier alpha value is -3.29. The third-order valence-electron chi connectivity index (χ3n) is 5.73. The Bertz CT molecular complexity index is 1260. The Kier molecular flexibility index (Phi) is 4.26. The van der Waals surface area contributed by atoms with Gasteiger partial charge in [-0.2, -0.15) is 5.10 Å². The second-order valence-electron chi connectivity index (χ2n) is 7.59. The molecule has 3 aromatic heterocycles. The van der Waals surface area contributed by atoms with Crippen molar-refractivity contribution in [1.82, 2.24) is 24.1 Å². The van der Waals surface area contributed by atoms with Crippen LogP contribution < -0.4 is 10.5 Å². The molecule has 0 amide bonds. The van der Waals surface area contributed by atoms with Crippen molar-refractivity contribution in [3.8, 4) is 0 Å². The highest BCUT2D eigenvalue weighted by Crippen LogP contribution is 2.23. The van der Waals surface area contributed by atoms with Crippen LogP contribution >= 0.6 is 0 Å². The van der Waals surface area contributed by atoms with Gasteiger partial charge in [-0.15, -0.1) is 0 Å². The average molecular weight is 392 g/mol. The molecule has 1 aliphatic heterocycles. The van der Waals surface area contributed by atoms with Gasteiger partial charge < -0.3 is 4.90 Å². The van der Waals surface area contributed by atoms with Crippen molar-refractivity contribution in [2.75, 3.05) is 18.0 Å². The highest BCUT2D eigenvalue weighted by atomic mass is 19.1. The van der Waals surface area contributed by atoms with Crippen LogP contribution in [-0.2, 0) is 6.54 Å². The molecular formula is C21H21FN6O. The third kappa shape index (κ3) is 3.24. The molecule has 1 fully saturated rings. The summed E-state index contributed by atoms with van der Waals surface area (Å²) in [5.74, 6) is 1.60. The van der Waals surface area contributed by atoms with Crippen LogP contribution in [-0.4, -0.2) is 37.2 Å². The zero-order chi connectivity index (χ0) is 20.0. The Morgan fingerprint density at radius 3 is 2.79 bits per heavy atom. The second-order valence-corrected chi connectivity index (χ2v) is 7.59. The first-order valence-electron chi connectivity index (χ1n) is 9.80. The maximum atomic E-state index is 13.5. The fraction of sp³-hybridized carbons (Fsp3) is 0.333. The van der Waals surface area contributed by atoms with Crippen LogP contribution in [0.25, 0.3) is 16.6 Å². The van der Waals surface area contributed by atoms with Crippen molar-refractivity contribution in [2.45, 2.75) is 26.3 Å². The molecule has 0 spiro atoms. The molecule has 148 valence electrons. The summed E-state index contributed by atoms with van der Waals surface area (Å²) in [6, 6.07) is 8.03. The maximum absolute atomic E-state index is 13.5. The van der Waals surface area contributed by atoms with Gasteiger partial charge in [-0.05, 0) is 43.9 Å². The molecule has 8 heteroatoms. The van der Waals surface area contributed by atoms with Gasteiger partial charge in [0.05, 0.1) is 17.1 Å². The lowest BCUT2D eigenvalue weighted by Crippen LogP contribution is -2.37. The average Bonchev–Trinajstić information content (AvgIpc) is 3.19. The fourth-order valence-corrected chi connectivity index (χ4v) is 4.10. The van der Waals surface area contributed by atoms with Gasteiger partial charge in [-0.3, -0.25) is 9.36 Å². The van der Waals surface area contributed by atoms with E-state index in [0.29, 0.717) is 29.2 Å². The highest BCUT2D eigenvalue weighted by molar-refractivity contribution is 5.77. The first-order valence-corrected chi connectivity index (χ1v) is 9.80. The fourth-order valence-electron chi connectivity index (χ4n) is 4.10. The first kappa shape index (κ1) is 17.8. The molecule has 0 aliphatic carbocycles. The van der Waals surface area contributed by atoms with E-state index >= 15 is 0 Å². The van der Waals surface area contributed by atoms with Crippen LogP contribution in [0, 0.1) is 18.7 Å². The van der Waals surface area contributed by atoms with Crippen LogP contribution in [0.4, 0.5) is 10.2 Å². The predicted molar refractivity (Wildman–Crippen MR) is 109 cm³/mol. The minimum atomic E-state index is -0.378. The van der Waals surface area contributed by atoms with Crippen molar-refractivity contribution in [3.63, 3.8) is 0 Å². The van der Waals surface area contributed by atoms with E-state index in [1.165, 1.54) is 18.2 Å². The van der Waals surface area contributed by atoms with E-state index in [1.54, 1.807) is 15.3 Å². The van der Waals surface area contributed by atoms with E-state index in [-0.39, 0.29) is 11.4 Å². The Labute approximate surface area is 166 Å². The minimum Gasteiger partial charge on any atom is -0.356 e. The molecule has 1 aliphatic rings. The summed E-state index contributed by atoms with van der Waals surface area (Å²) in [4.78, 5) is 24.3. The van der Waals surface area contributed by atoms with Crippen LogP contribution in [0.1, 0.15) is 18.7 Å². The van der Waals surface area contributed by atoms with E-state index in [0.717, 1.165) is 37.4 Å². The number of piperidine rings is 1. The molecule has 0 radical (unpaired) electrons. The quantitative estimate of drug-likeness (QED) is 0.536. The Morgan fingerprint density at radius 1 is 1.14 bits per heavy atom. The monoisotopic (exact) mass is 392 g/mol. The van der Waals surface area contributed by atoms with Gasteiger partial charge in [0.25, 0.3) is 5.56 Å². The molecule has 4 aromatic rings. The van der Waals surface area contributed by atoms with E-state index in [1.807, 2.05) is 25.3 Å².